The van der Waals surface area contributed by atoms with E-state index in [1.165, 1.54) is 23.9 Å². The van der Waals surface area contributed by atoms with Crippen LogP contribution in [0.2, 0.25) is 0 Å². The van der Waals surface area contributed by atoms with Crippen molar-refractivity contribution >= 4 is 17.3 Å². The molecule has 7 heteroatoms. The summed E-state index contributed by atoms with van der Waals surface area (Å²) in [6, 6.07) is 14.0. The average molecular weight is 385 g/mol. The summed E-state index contributed by atoms with van der Waals surface area (Å²) >= 11 is 0. The highest BCUT2D eigenvalue weighted by atomic mass is 19.4. The molecule has 1 aromatic heterocycles. The van der Waals surface area contributed by atoms with Gasteiger partial charge in [-0.3, -0.25) is 9.78 Å². The van der Waals surface area contributed by atoms with E-state index in [2.05, 4.69) is 15.6 Å². The van der Waals surface area contributed by atoms with Crippen LogP contribution in [0.25, 0.3) is 0 Å². The molecule has 2 aromatic carbocycles. The molecule has 0 atom stereocenters. The average Bonchev–Trinajstić information content (AvgIpc) is 2.67. The van der Waals surface area contributed by atoms with Crippen LogP contribution in [0, 0.1) is 6.92 Å². The quantitative estimate of drug-likeness (QED) is 0.629. The number of benzene rings is 2. The predicted molar refractivity (Wildman–Crippen MR) is 102 cm³/mol. The molecule has 0 aliphatic rings. The van der Waals surface area contributed by atoms with Gasteiger partial charge in [0.2, 0.25) is 0 Å². The minimum atomic E-state index is -4.41. The second kappa shape index (κ2) is 8.12. The largest absolute Gasteiger partial charge is 0.416 e. The van der Waals surface area contributed by atoms with Gasteiger partial charge in [-0.15, -0.1) is 0 Å². The normalized spacial score (nSPS) is 11.1. The summed E-state index contributed by atoms with van der Waals surface area (Å²) < 4.78 is 37.8. The van der Waals surface area contributed by atoms with E-state index in [-0.39, 0.29) is 5.69 Å². The first-order valence-corrected chi connectivity index (χ1v) is 8.54. The number of amides is 1. The third kappa shape index (κ3) is 5.09. The number of pyridine rings is 1. The first-order valence-electron chi connectivity index (χ1n) is 8.54. The number of nitrogens with one attached hydrogen (secondary N) is 2. The number of carbonyl (C=O) groups is 1. The van der Waals surface area contributed by atoms with Crippen LogP contribution in [-0.2, 0) is 12.7 Å². The summed E-state index contributed by atoms with van der Waals surface area (Å²) in [5.74, 6) is -0.453. The van der Waals surface area contributed by atoms with E-state index in [1.807, 2.05) is 31.2 Å². The van der Waals surface area contributed by atoms with Gasteiger partial charge in [0, 0.05) is 24.6 Å². The third-order valence-corrected chi connectivity index (χ3v) is 4.09. The molecule has 0 radical (unpaired) electrons. The van der Waals surface area contributed by atoms with Crippen LogP contribution in [0.4, 0.5) is 24.5 Å². The summed E-state index contributed by atoms with van der Waals surface area (Å²) in [6.07, 6.45) is -1.41. The van der Waals surface area contributed by atoms with E-state index in [0.717, 1.165) is 17.7 Å². The second-order valence-corrected chi connectivity index (χ2v) is 6.33. The Morgan fingerprint density at radius 1 is 0.964 bits per heavy atom. The van der Waals surface area contributed by atoms with Crippen molar-refractivity contribution in [2.75, 3.05) is 10.6 Å². The fraction of sp³-hybridized carbons (Fsp3) is 0.143. The van der Waals surface area contributed by atoms with Crippen LogP contribution in [0.15, 0.2) is 67.0 Å². The zero-order chi connectivity index (χ0) is 20.1. The maximum Gasteiger partial charge on any atom is 0.416 e. The van der Waals surface area contributed by atoms with Crippen molar-refractivity contribution in [2.24, 2.45) is 0 Å². The van der Waals surface area contributed by atoms with Crippen LogP contribution in [0.5, 0.6) is 0 Å². The Labute approximate surface area is 160 Å². The van der Waals surface area contributed by atoms with Crippen molar-refractivity contribution in [3.05, 3.63) is 89.2 Å². The van der Waals surface area contributed by atoms with Crippen LogP contribution >= 0.6 is 0 Å². The lowest BCUT2D eigenvalue weighted by atomic mass is 10.1. The Morgan fingerprint density at radius 2 is 1.64 bits per heavy atom. The van der Waals surface area contributed by atoms with Crippen molar-refractivity contribution in [3.8, 4) is 0 Å². The number of anilines is 2. The van der Waals surface area contributed by atoms with E-state index in [4.69, 9.17) is 0 Å². The zero-order valence-electron chi connectivity index (χ0n) is 15.0. The van der Waals surface area contributed by atoms with Crippen LogP contribution in [0.1, 0.15) is 27.0 Å². The fourth-order valence-corrected chi connectivity index (χ4v) is 2.52. The molecule has 1 amide bonds. The van der Waals surface area contributed by atoms with Crippen LogP contribution in [-0.4, -0.2) is 10.9 Å². The van der Waals surface area contributed by atoms with Gasteiger partial charge in [-0.25, -0.2) is 0 Å². The van der Waals surface area contributed by atoms with Crippen LogP contribution < -0.4 is 10.6 Å². The van der Waals surface area contributed by atoms with Gasteiger partial charge >= 0.3 is 6.18 Å². The van der Waals surface area contributed by atoms with Crippen LogP contribution in [0.3, 0.4) is 0 Å². The Kier molecular flexibility index (Phi) is 5.63. The number of hydrogen-bond donors (Lipinski definition) is 2. The fourth-order valence-electron chi connectivity index (χ4n) is 2.52. The molecular weight excluding hydrogens is 367 g/mol. The molecule has 0 aliphatic carbocycles. The van der Waals surface area contributed by atoms with Crippen molar-refractivity contribution in [1.29, 1.82) is 0 Å². The molecule has 0 spiro atoms. The number of hydrogen-bond acceptors (Lipinski definition) is 3. The topological polar surface area (TPSA) is 54.0 Å². The first-order chi connectivity index (χ1) is 13.3. The van der Waals surface area contributed by atoms with Gasteiger partial charge in [0.1, 0.15) is 0 Å². The standard InChI is InChI=1S/C21H18F3N3O/c1-14-2-4-15(5-3-14)11-26-19-10-16(12-25-13-19)20(28)27-18-8-6-17(7-9-18)21(22,23)24/h2-10,12-13,26H,11H2,1H3,(H,27,28). The predicted octanol–water partition coefficient (Wildman–Crippen LogP) is 5.27. The van der Waals surface area contributed by atoms with Gasteiger partial charge in [0.15, 0.2) is 0 Å². The van der Waals surface area contributed by atoms with Crippen molar-refractivity contribution in [3.63, 3.8) is 0 Å². The molecule has 0 bridgehead atoms. The summed E-state index contributed by atoms with van der Waals surface area (Å²) in [6.45, 7) is 2.59. The maximum atomic E-state index is 12.6. The molecule has 2 N–H and O–H groups in total. The molecule has 0 fully saturated rings. The van der Waals surface area contributed by atoms with E-state index < -0.39 is 17.6 Å². The third-order valence-electron chi connectivity index (χ3n) is 4.09. The van der Waals surface area contributed by atoms with Gasteiger partial charge in [-0.1, -0.05) is 29.8 Å². The van der Waals surface area contributed by atoms with Gasteiger partial charge < -0.3 is 10.6 Å². The maximum absolute atomic E-state index is 12.6. The highest BCUT2D eigenvalue weighted by molar-refractivity contribution is 6.04. The lowest BCUT2D eigenvalue weighted by Crippen LogP contribution is -2.13. The highest BCUT2D eigenvalue weighted by Gasteiger charge is 2.30. The number of aromatic nitrogens is 1. The number of nitrogens with zero attached hydrogens (tertiary/aromatic N) is 1. The summed E-state index contributed by atoms with van der Waals surface area (Å²) in [4.78, 5) is 16.4. The molecule has 0 aliphatic heterocycles. The molecule has 0 unspecified atom stereocenters. The molecular formula is C21H18F3N3O. The second-order valence-electron chi connectivity index (χ2n) is 6.33. The van der Waals surface area contributed by atoms with Crippen molar-refractivity contribution < 1.29 is 18.0 Å². The van der Waals surface area contributed by atoms with E-state index >= 15 is 0 Å². The molecule has 1 heterocycles. The molecule has 28 heavy (non-hydrogen) atoms. The van der Waals surface area contributed by atoms with Crippen molar-refractivity contribution in [1.82, 2.24) is 4.98 Å². The van der Waals surface area contributed by atoms with Gasteiger partial charge in [0.05, 0.1) is 16.8 Å². The Balaban J connectivity index is 1.64. The lowest BCUT2D eigenvalue weighted by Gasteiger charge is -2.10. The highest BCUT2D eigenvalue weighted by Crippen LogP contribution is 2.29. The van der Waals surface area contributed by atoms with E-state index in [1.54, 1.807) is 12.3 Å². The van der Waals surface area contributed by atoms with E-state index in [0.29, 0.717) is 17.8 Å². The number of carbonyl (C=O) groups excluding carboxylic acids is 1. The summed E-state index contributed by atoms with van der Waals surface area (Å²) in [7, 11) is 0. The Hall–Kier alpha value is -3.35. The first kappa shape index (κ1) is 19.4. The molecule has 144 valence electrons. The molecule has 4 nitrogen and oxygen atoms in total. The number of rotatable bonds is 5. The summed E-state index contributed by atoms with van der Waals surface area (Å²) in [5, 5.41) is 5.77. The number of alkyl halides is 3. The smallest absolute Gasteiger partial charge is 0.380 e. The summed E-state index contributed by atoms with van der Waals surface area (Å²) in [5.41, 5.74) is 2.73. The SMILES string of the molecule is Cc1ccc(CNc2cncc(C(=O)Nc3ccc(C(F)(F)F)cc3)c2)cc1. The zero-order valence-corrected chi connectivity index (χ0v) is 15.0. The lowest BCUT2D eigenvalue weighted by molar-refractivity contribution is -0.137. The monoisotopic (exact) mass is 385 g/mol. The van der Waals surface area contributed by atoms with Gasteiger partial charge in [0.25, 0.3) is 5.91 Å². The number of halogens is 3. The molecule has 0 saturated carbocycles. The van der Waals surface area contributed by atoms with Gasteiger partial charge in [-0.2, -0.15) is 13.2 Å². The number of aryl methyl sites for hydroxylation is 1. The minimum absolute atomic E-state index is 0.274. The van der Waals surface area contributed by atoms with E-state index in [9.17, 15) is 18.0 Å². The molecule has 0 saturated heterocycles. The minimum Gasteiger partial charge on any atom is -0.380 e. The van der Waals surface area contributed by atoms with Crippen molar-refractivity contribution in [2.45, 2.75) is 19.6 Å². The molecule has 3 aromatic rings. The van der Waals surface area contributed by atoms with Gasteiger partial charge in [-0.05, 0) is 42.8 Å². The Morgan fingerprint density at radius 3 is 2.29 bits per heavy atom. The molecule has 3 rings (SSSR count). The Bertz CT molecular complexity index is 952.